The third kappa shape index (κ3) is 4.91. The first-order valence-electron chi connectivity index (χ1n) is 9.08. The molecule has 6 heteroatoms. The van der Waals surface area contributed by atoms with Crippen molar-refractivity contribution in [3.63, 3.8) is 0 Å². The molecule has 2 amide bonds. The molecule has 29 heavy (non-hydrogen) atoms. The van der Waals surface area contributed by atoms with Gasteiger partial charge in [0.05, 0.1) is 11.7 Å². The summed E-state index contributed by atoms with van der Waals surface area (Å²) in [7, 11) is 0. The summed E-state index contributed by atoms with van der Waals surface area (Å²) in [6.45, 7) is 0. The fourth-order valence-electron chi connectivity index (χ4n) is 3.00. The lowest BCUT2D eigenvalue weighted by molar-refractivity contribution is 0.250. The van der Waals surface area contributed by atoms with E-state index in [0.717, 1.165) is 26.9 Å². The molecule has 0 spiro atoms. The van der Waals surface area contributed by atoms with E-state index in [0.29, 0.717) is 5.13 Å². The van der Waals surface area contributed by atoms with E-state index in [1.54, 1.807) is 0 Å². The third-order valence-electron chi connectivity index (χ3n) is 4.41. The van der Waals surface area contributed by atoms with Crippen molar-refractivity contribution in [2.45, 2.75) is 6.04 Å². The lowest BCUT2D eigenvalue weighted by Gasteiger charge is -2.19. The Bertz CT molecular complexity index is 1040. The Morgan fingerprint density at radius 2 is 1.45 bits per heavy atom. The van der Waals surface area contributed by atoms with Crippen LogP contribution >= 0.6 is 27.3 Å². The number of amides is 2. The lowest BCUT2D eigenvalue weighted by atomic mass is 9.99. The Balaban J connectivity index is 1.49. The van der Waals surface area contributed by atoms with E-state index in [4.69, 9.17) is 0 Å². The zero-order valence-electron chi connectivity index (χ0n) is 15.4. The van der Waals surface area contributed by atoms with Gasteiger partial charge in [0.15, 0.2) is 5.13 Å². The Morgan fingerprint density at radius 1 is 0.862 bits per heavy atom. The topological polar surface area (TPSA) is 54.0 Å². The highest BCUT2D eigenvalue weighted by Crippen LogP contribution is 2.27. The van der Waals surface area contributed by atoms with Crippen molar-refractivity contribution < 1.29 is 4.79 Å². The minimum atomic E-state index is -0.292. The molecule has 0 aliphatic carbocycles. The van der Waals surface area contributed by atoms with Gasteiger partial charge in [-0.3, -0.25) is 5.32 Å². The van der Waals surface area contributed by atoms with Gasteiger partial charge in [0.25, 0.3) is 0 Å². The molecule has 0 aliphatic rings. The van der Waals surface area contributed by atoms with Gasteiger partial charge in [-0.25, -0.2) is 9.78 Å². The predicted molar refractivity (Wildman–Crippen MR) is 122 cm³/mol. The predicted octanol–water partition coefficient (Wildman–Crippen LogP) is 6.48. The first-order chi connectivity index (χ1) is 14.2. The van der Waals surface area contributed by atoms with Crippen LogP contribution in [0.5, 0.6) is 0 Å². The normalized spacial score (nSPS) is 10.7. The Hall–Kier alpha value is -2.96. The monoisotopic (exact) mass is 463 g/mol. The number of carbonyl (C=O) groups excluding carboxylic acids is 1. The van der Waals surface area contributed by atoms with Crippen molar-refractivity contribution >= 4 is 38.4 Å². The van der Waals surface area contributed by atoms with Gasteiger partial charge < -0.3 is 5.32 Å². The maximum absolute atomic E-state index is 12.7. The third-order valence-corrected chi connectivity index (χ3v) is 5.69. The van der Waals surface area contributed by atoms with Crippen molar-refractivity contribution in [3.05, 3.63) is 106 Å². The van der Waals surface area contributed by atoms with Gasteiger partial charge in [-0.2, -0.15) is 0 Å². The van der Waals surface area contributed by atoms with Crippen LogP contribution in [0.1, 0.15) is 17.2 Å². The molecule has 0 fully saturated rings. The largest absolute Gasteiger partial charge is 0.327 e. The van der Waals surface area contributed by atoms with Gasteiger partial charge in [0.1, 0.15) is 0 Å². The number of anilines is 1. The van der Waals surface area contributed by atoms with E-state index in [9.17, 15) is 4.79 Å². The van der Waals surface area contributed by atoms with Crippen LogP contribution in [0, 0.1) is 0 Å². The first-order valence-corrected chi connectivity index (χ1v) is 10.8. The van der Waals surface area contributed by atoms with E-state index in [-0.39, 0.29) is 12.1 Å². The van der Waals surface area contributed by atoms with Gasteiger partial charge in [0, 0.05) is 15.4 Å². The summed E-state index contributed by atoms with van der Waals surface area (Å²) in [5.74, 6) is 0. The van der Waals surface area contributed by atoms with E-state index in [1.807, 2.05) is 90.3 Å². The van der Waals surface area contributed by atoms with Gasteiger partial charge in [0.2, 0.25) is 0 Å². The zero-order valence-corrected chi connectivity index (χ0v) is 17.8. The number of nitrogens with one attached hydrogen (secondary N) is 2. The molecule has 0 bridgehead atoms. The number of thiazole rings is 1. The number of hydrogen-bond donors (Lipinski definition) is 2. The molecule has 0 radical (unpaired) electrons. The summed E-state index contributed by atoms with van der Waals surface area (Å²) in [5.41, 5.74) is 3.87. The highest BCUT2D eigenvalue weighted by molar-refractivity contribution is 9.10. The van der Waals surface area contributed by atoms with Crippen molar-refractivity contribution in [1.29, 1.82) is 0 Å². The smallest absolute Gasteiger partial charge is 0.321 e. The average molecular weight is 464 g/mol. The molecule has 4 rings (SSSR count). The van der Waals surface area contributed by atoms with Crippen LogP contribution in [0.3, 0.4) is 0 Å². The van der Waals surface area contributed by atoms with Crippen LogP contribution in [-0.4, -0.2) is 11.0 Å². The number of aromatic nitrogens is 1. The van der Waals surface area contributed by atoms with Crippen molar-refractivity contribution in [2.24, 2.45) is 0 Å². The van der Waals surface area contributed by atoms with Crippen LogP contribution in [0.15, 0.2) is 94.8 Å². The molecule has 4 nitrogen and oxygen atoms in total. The molecule has 2 N–H and O–H groups in total. The van der Waals surface area contributed by atoms with Gasteiger partial charge >= 0.3 is 6.03 Å². The minimum absolute atomic E-state index is 0.247. The molecule has 0 saturated carbocycles. The van der Waals surface area contributed by atoms with Crippen LogP contribution in [0.4, 0.5) is 9.93 Å². The molecule has 1 heterocycles. The second-order valence-corrected chi connectivity index (χ2v) is 8.17. The summed E-state index contributed by atoms with van der Waals surface area (Å²) in [4.78, 5) is 17.2. The van der Waals surface area contributed by atoms with Crippen LogP contribution in [0.25, 0.3) is 11.3 Å². The van der Waals surface area contributed by atoms with E-state index >= 15 is 0 Å². The van der Waals surface area contributed by atoms with Crippen molar-refractivity contribution in [3.8, 4) is 11.3 Å². The quantitative estimate of drug-likeness (QED) is 0.355. The number of nitrogens with zero attached hydrogens (tertiary/aromatic N) is 1. The zero-order chi connectivity index (χ0) is 20.1. The summed E-state index contributed by atoms with van der Waals surface area (Å²) >= 11 is 4.83. The highest BCUT2D eigenvalue weighted by Gasteiger charge is 2.17. The summed E-state index contributed by atoms with van der Waals surface area (Å²) in [6, 6.07) is 27.2. The van der Waals surface area contributed by atoms with Crippen molar-refractivity contribution in [1.82, 2.24) is 10.3 Å². The number of halogens is 1. The Labute approximate surface area is 181 Å². The fraction of sp³-hybridized carbons (Fsp3) is 0.0435. The summed E-state index contributed by atoms with van der Waals surface area (Å²) in [5, 5.41) is 8.42. The van der Waals surface area contributed by atoms with Crippen molar-refractivity contribution in [2.75, 3.05) is 5.32 Å². The molecular formula is C23H18BrN3OS. The average Bonchev–Trinajstić information content (AvgIpc) is 3.22. The lowest BCUT2D eigenvalue weighted by Crippen LogP contribution is -2.33. The van der Waals surface area contributed by atoms with E-state index in [1.165, 1.54) is 11.3 Å². The van der Waals surface area contributed by atoms with Crippen LogP contribution in [0.2, 0.25) is 0 Å². The molecule has 0 unspecified atom stereocenters. The van der Waals surface area contributed by atoms with E-state index in [2.05, 4.69) is 31.5 Å². The molecule has 4 aromatic rings. The van der Waals surface area contributed by atoms with Crippen LogP contribution in [-0.2, 0) is 0 Å². The maximum Gasteiger partial charge on any atom is 0.321 e. The maximum atomic E-state index is 12.7. The number of carbonyl (C=O) groups is 1. The molecule has 144 valence electrons. The Kier molecular flexibility index (Phi) is 6.03. The number of rotatable bonds is 5. The summed E-state index contributed by atoms with van der Waals surface area (Å²) < 4.78 is 1.02. The molecule has 0 saturated heterocycles. The SMILES string of the molecule is O=C(Nc1nc(-c2ccc(Br)cc2)cs1)NC(c1ccccc1)c1ccccc1. The van der Waals surface area contributed by atoms with Crippen LogP contribution < -0.4 is 10.6 Å². The second kappa shape index (κ2) is 9.03. The molecule has 3 aromatic carbocycles. The first kappa shape index (κ1) is 19.4. The number of benzene rings is 3. The fourth-order valence-corrected chi connectivity index (χ4v) is 3.98. The number of urea groups is 1. The molecule has 0 aliphatic heterocycles. The minimum Gasteiger partial charge on any atom is -0.327 e. The van der Waals surface area contributed by atoms with Gasteiger partial charge in [-0.15, -0.1) is 11.3 Å². The highest BCUT2D eigenvalue weighted by atomic mass is 79.9. The standard InChI is InChI=1S/C23H18BrN3OS/c24-19-13-11-16(12-14-19)20-15-29-23(25-20)27-22(28)26-21(17-7-3-1-4-8-17)18-9-5-2-6-10-18/h1-15,21H,(H2,25,26,27,28). The van der Waals surface area contributed by atoms with Gasteiger partial charge in [-0.05, 0) is 23.3 Å². The second-order valence-electron chi connectivity index (χ2n) is 6.40. The molecular weight excluding hydrogens is 446 g/mol. The van der Waals surface area contributed by atoms with Gasteiger partial charge in [-0.1, -0.05) is 88.7 Å². The number of hydrogen-bond acceptors (Lipinski definition) is 3. The van der Waals surface area contributed by atoms with E-state index < -0.39 is 0 Å². The molecule has 1 aromatic heterocycles. The molecule has 0 atom stereocenters. The Morgan fingerprint density at radius 3 is 2.03 bits per heavy atom. The summed E-state index contributed by atoms with van der Waals surface area (Å²) in [6.07, 6.45) is 0.